The molecule has 1 aromatic heterocycles. The van der Waals surface area contributed by atoms with Gasteiger partial charge in [0.15, 0.2) is 34.9 Å². The van der Waals surface area contributed by atoms with Crippen molar-refractivity contribution in [3.8, 4) is 5.75 Å². The van der Waals surface area contributed by atoms with Crippen LogP contribution in [0.1, 0.15) is 5.56 Å². The number of hydrogen-bond donors (Lipinski definition) is 3. The maximum Gasteiger partial charge on any atom is 0.265 e. The van der Waals surface area contributed by atoms with Gasteiger partial charge in [0.25, 0.3) is 10.0 Å². The normalized spacial score (nSPS) is 11.3. The van der Waals surface area contributed by atoms with Gasteiger partial charge in [-0.05, 0) is 42.5 Å². The lowest BCUT2D eigenvalue weighted by Crippen LogP contribution is -2.20. The van der Waals surface area contributed by atoms with Gasteiger partial charge >= 0.3 is 0 Å². The van der Waals surface area contributed by atoms with E-state index in [0.717, 1.165) is 18.3 Å². The third-order valence-electron chi connectivity index (χ3n) is 5.51. The topological polar surface area (TPSA) is 114 Å². The number of methoxy groups -OCH3 is 1. The average molecular weight is 614 g/mol. The molecule has 4 rings (SSSR count). The molecule has 1 heterocycles. The third kappa shape index (κ3) is 6.83. The molecule has 3 aromatic carbocycles. The van der Waals surface area contributed by atoms with Crippen LogP contribution in [-0.2, 0) is 21.4 Å². The van der Waals surface area contributed by atoms with Gasteiger partial charge in [-0.25, -0.2) is 39.7 Å². The molecule has 0 atom stereocenters. The molecule has 4 aromatic rings. The highest BCUT2D eigenvalue weighted by molar-refractivity contribution is 7.92. The van der Waals surface area contributed by atoms with E-state index in [1.807, 2.05) is 4.72 Å². The van der Waals surface area contributed by atoms with Gasteiger partial charge in [0.05, 0.1) is 18.5 Å². The van der Waals surface area contributed by atoms with E-state index in [2.05, 4.69) is 20.6 Å². The number of nitrogens with zero attached hydrogens (tertiary/aromatic N) is 2. The molecular weight excluding hydrogens is 592 g/mol. The van der Waals surface area contributed by atoms with Gasteiger partial charge in [-0.1, -0.05) is 6.07 Å². The van der Waals surface area contributed by atoms with E-state index in [1.165, 1.54) is 12.1 Å². The van der Waals surface area contributed by atoms with Crippen molar-refractivity contribution in [2.24, 2.45) is 0 Å². The number of alkyl halides is 1. The van der Waals surface area contributed by atoms with E-state index in [-0.39, 0.29) is 23.1 Å². The third-order valence-corrected chi connectivity index (χ3v) is 6.97. The fraction of sp³-hybridized carbons (Fsp3) is 0.154. The molecule has 222 valence electrons. The van der Waals surface area contributed by atoms with Crippen LogP contribution >= 0.6 is 0 Å². The Morgan fingerprint density at radius 3 is 2.21 bits per heavy atom. The number of halogens is 6. The van der Waals surface area contributed by atoms with Gasteiger partial charge in [0.1, 0.15) is 23.9 Å². The Hall–Kier alpha value is -4.57. The summed E-state index contributed by atoms with van der Waals surface area (Å²) < 4.78 is 121. The Morgan fingerprint density at radius 1 is 0.833 bits per heavy atom. The SMILES string of the molecule is COCCOc1ccc(Nc2ncc(F)c(Nc3cccc(NS(=O)(=O)c4c(F)c(F)c(F)c(F)c4CF)c3)n2)cc1. The van der Waals surface area contributed by atoms with Gasteiger partial charge in [-0.2, -0.15) is 4.98 Å². The second-order valence-electron chi connectivity index (χ2n) is 8.39. The highest BCUT2D eigenvalue weighted by Gasteiger charge is 2.33. The van der Waals surface area contributed by atoms with Crippen molar-refractivity contribution >= 4 is 38.9 Å². The maximum atomic E-state index is 14.5. The van der Waals surface area contributed by atoms with Crippen LogP contribution in [-0.4, -0.2) is 38.7 Å². The van der Waals surface area contributed by atoms with E-state index in [9.17, 15) is 34.8 Å². The summed E-state index contributed by atoms with van der Waals surface area (Å²) in [6, 6.07) is 11.7. The van der Waals surface area contributed by atoms with E-state index < -0.39 is 56.2 Å². The molecule has 0 aliphatic carbocycles. The summed E-state index contributed by atoms with van der Waals surface area (Å²) in [6.45, 7) is -1.16. The first-order valence-corrected chi connectivity index (χ1v) is 13.3. The Morgan fingerprint density at radius 2 is 1.52 bits per heavy atom. The molecule has 16 heteroatoms. The van der Waals surface area contributed by atoms with E-state index in [1.54, 1.807) is 31.4 Å². The van der Waals surface area contributed by atoms with E-state index >= 15 is 0 Å². The van der Waals surface area contributed by atoms with Gasteiger partial charge in [0.2, 0.25) is 5.95 Å². The molecule has 0 spiro atoms. The molecule has 0 aliphatic heterocycles. The Balaban J connectivity index is 1.52. The number of rotatable bonds is 12. The van der Waals surface area contributed by atoms with Crippen LogP contribution in [0.3, 0.4) is 0 Å². The minimum atomic E-state index is -5.16. The number of hydrogen-bond acceptors (Lipinski definition) is 8. The molecule has 0 saturated heterocycles. The fourth-order valence-corrected chi connectivity index (χ4v) is 4.91. The van der Waals surface area contributed by atoms with Crippen molar-refractivity contribution in [1.82, 2.24) is 9.97 Å². The first kappa shape index (κ1) is 30.4. The number of aromatic nitrogens is 2. The predicted molar refractivity (Wildman–Crippen MR) is 141 cm³/mol. The highest BCUT2D eigenvalue weighted by Crippen LogP contribution is 2.31. The van der Waals surface area contributed by atoms with Gasteiger partial charge in [-0.3, -0.25) is 4.72 Å². The lowest BCUT2D eigenvalue weighted by atomic mass is 10.2. The van der Waals surface area contributed by atoms with Crippen LogP contribution in [0.25, 0.3) is 0 Å². The summed E-state index contributed by atoms with van der Waals surface area (Å²) in [4.78, 5) is 6.20. The van der Waals surface area contributed by atoms with Crippen molar-refractivity contribution in [2.75, 3.05) is 35.7 Å². The number of benzene rings is 3. The number of sulfonamides is 1. The second kappa shape index (κ2) is 12.9. The fourth-order valence-electron chi connectivity index (χ4n) is 3.58. The molecule has 9 nitrogen and oxygen atoms in total. The lowest BCUT2D eigenvalue weighted by molar-refractivity contribution is 0.146. The quantitative estimate of drug-likeness (QED) is 0.0777. The minimum absolute atomic E-state index is 0.00148. The molecule has 0 unspecified atom stereocenters. The standard InChI is InChI=1S/C26H21F6N5O4S/c1-40-9-10-41-17-7-5-14(6-8-17)35-26-33-13-19(28)25(36-26)34-15-3-2-4-16(11-15)37-42(38,39)24-18(12-27)20(29)21(30)22(31)23(24)32/h2-8,11,13,37H,9-10,12H2,1H3,(H2,33,34,35,36). The number of ether oxygens (including phenoxy) is 2. The van der Waals surface area contributed by atoms with Crippen molar-refractivity contribution in [2.45, 2.75) is 11.6 Å². The molecule has 42 heavy (non-hydrogen) atoms. The predicted octanol–water partition coefficient (Wildman–Crippen LogP) is 5.95. The monoisotopic (exact) mass is 613 g/mol. The van der Waals surface area contributed by atoms with Crippen LogP contribution < -0.4 is 20.1 Å². The first-order chi connectivity index (χ1) is 20.0. The molecule has 0 saturated carbocycles. The second-order valence-corrected chi connectivity index (χ2v) is 10.0. The van der Waals surface area contributed by atoms with Crippen LogP contribution in [0.15, 0.2) is 59.6 Å². The average Bonchev–Trinajstić information content (AvgIpc) is 2.96. The summed E-state index contributed by atoms with van der Waals surface area (Å²) in [6.07, 6.45) is 0.880. The van der Waals surface area contributed by atoms with Crippen molar-refractivity contribution in [3.63, 3.8) is 0 Å². The molecule has 0 radical (unpaired) electrons. The molecule has 0 bridgehead atoms. The van der Waals surface area contributed by atoms with Crippen molar-refractivity contribution in [3.05, 3.63) is 89.4 Å². The van der Waals surface area contributed by atoms with E-state index in [4.69, 9.17) is 9.47 Å². The Labute approximate surface area is 235 Å². The van der Waals surface area contributed by atoms with Crippen LogP contribution in [0.4, 0.5) is 55.2 Å². The number of nitrogens with one attached hydrogen (secondary N) is 3. The Kier molecular flexibility index (Phi) is 9.37. The van der Waals surface area contributed by atoms with Gasteiger partial charge in [-0.15, -0.1) is 0 Å². The van der Waals surface area contributed by atoms with Crippen LogP contribution in [0.2, 0.25) is 0 Å². The molecule has 3 N–H and O–H groups in total. The smallest absolute Gasteiger partial charge is 0.265 e. The largest absolute Gasteiger partial charge is 0.491 e. The summed E-state index contributed by atoms with van der Waals surface area (Å²) in [7, 11) is -3.61. The molecular formula is C26H21F6N5O4S. The van der Waals surface area contributed by atoms with Crippen LogP contribution in [0.5, 0.6) is 5.75 Å². The summed E-state index contributed by atoms with van der Waals surface area (Å²) in [5, 5.41) is 5.51. The van der Waals surface area contributed by atoms with Crippen molar-refractivity contribution < 1.29 is 44.2 Å². The van der Waals surface area contributed by atoms with Gasteiger partial charge < -0.3 is 20.1 Å². The summed E-state index contributed by atoms with van der Waals surface area (Å²) in [5.74, 6) is -9.85. The first-order valence-electron chi connectivity index (χ1n) is 11.9. The molecule has 0 fully saturated rings. The minimum Gasteiger partial charge on any atom is -0.491 e. The summed E-state index contributed by atoms with van der Waals surface area (Å²) in [5.41, 5.74) is -1.20. The van der Waals surface area contributed by atoms with Crippen molar-refractivity contribution in [1.29, 1.82) is 0 Å². The summed E-state index contributed by atoms with van der Waals surface area (Å²) >= 11 is 0. The van der Waals surface area contributed by atoms with Gasteiger partial charge in [0, 0.05) is 24.0 Å². The maximum absolute atomic E-state index is 14.5. The molecule has 0 amide bonds. The zero-order chi connectivity index (χ0) is 30.4. The highest BCUT2D eigenvalue weighted by atomic mass is 32.2. The van der Waals surface area contributed by atoms with Crippen LogP contribution in [0, 0.1) is 29.1 Å². The zero-order valence-corrected chi connectivity index (χ0v) is 22.3. The van der Waals surface area contributed by atoms with E-state index in [0.29, 0.717) is 24.7 Å². The lowest BCUT2D eigenvalue weighted by Gasteiger charge is -2.15. The molecule has 0 aliphatic rings. The zero-order valence-electron chi connectivity index (χ0n) is 21.5. The number of anilines is 5. The Bertz CT molecular complexity index is 1690.